The summed E-state index contributed by atoms with van der Waals surface area (Å²) in [5.41, 5.74) is 1.11. The van der Waals surface area contributed by atoms with Crippen molar-refractivity contribution in [2.24, 2.45) is 0 Å². The lowest BCUT2D eigenvalue weighted by atomic mass is 10.0. The molecule has 0 aliphatic rings. The number of esters is 2. The third-order valence-corrected chi connectivity index (χ3v) is 5.94. The molecule has 0 atom stereocenters. The van der Waals surface area contributed by atoms with Crippen LogP contribution in [0, 0.1) is 12.7 Å². The van der Waals surface area contributed by atoms with Crippen LogP contribution in [0.25, 0.3) is 0 Å². The Morgan fingerprint density at radius 3 is 2.00 bits per heavy atom. The van der Waals surface area contributed by atoms with Gasteiger partial charge in [-0.1, -0.05) is 0 Å². The molecular formula is C24H20FNO7S. The highest BCUT2D eigenvalue weighted by Crippen LogP contribution is 2.34. The van der Waals surface area contributed by atoms with Gasteiger partial charge in [-0.25, -0.2) is 14.0 Å². The van der Waals surface area contributed by atoms with Crippen LogP contribution in [0.15, 0.2) is 48.5 Å². The predicted molar refractivity (Wildman–Crippen MR) is 122 cm³/mol. The number of amides is 1. The van der Waals surface area contributed by atoms with Crippen molar-refractivity contribution in [3.8, 4) is 5.75 Å². The highest BCUT2D eigenvalue weighted by molar-refractivity contribution is 7.18. The molecule has 0 radical (unpaired) electrons. The van der Waals surface area contributed by atoms with E-state index in [2.05, 4.69) is 5.32 Å². The van der Waals surface area contributed by atoms with E-state index in [1.54, 1.807) is 6.92 Å². The molecule has 0 bridgehead atoms. The highest BCUT2D eigenvalue weighted by Gasteiger charge is 2.26. The minimum absolute atomic E-state index is 0.0601. The van der Waals surface area contributed by atoms with E-state index >= 15 is 0 Å². The normalized spacial score (nSPS) is 10.4. The standard InChI is InChI=1S/C24H20FNO7S/c1-13-19(23(29)31-2)22(34-21(13)24(30)32-3)26-18(27)12-33-17-10-6-15(7-11-17)20(28)14-4-8-16(25)9-5-14/h4-11H,12H2,1-3H3,(H,26,27). The molecule has 1 heterocycles. The first-order valence-corrected chi connectivity index (χ1v) is 10.7. The van der Waals surface area contributed by atoms with E-state index in [1.807, 2.05) is 0 Å². The molecule has 0 aliphatic heterocycles. The number of nitrogens with one attached hydrogen (secondary N) is 1. The fourth-order valence-corrected chi connectivity index (χ4v) is 4.15. The average molecular weight is 485 g/mol. The zero-order valence-corrected chi connectivity index (χ0v) is 19.3. The molecule has 0 fully saturated rings. The Balaban J connectivity index is 1.66. The van der Waals surface area contributed by atoms with Crippen molar-refractivity contribution >= 4 is 40.0 Å². The van der Waals surface area contributed by atoms with Crippen molar-refractivity contribution in [1.82, 2.24) is 0 Å². The fraction of sp³-hybridized carbons (Fsp3) is 0.167. The lowest BCUT2D eigenvalue weighted by Gasteiger charge is -2.08. The van der Waals surface area contributed by atoms with Gasteiger partial charge in [-0.05, 0) is 61.0 Å². The number of carbonyl (C=O) groups excluding carboxylic acids is 4. The number of halogens is 1. The maximum atomic E-state index is 13.0. The Morgan fingerprint density at radius 1 is 0.882 bits per heavy atom. The minimum atomic E-state index is -0.707. The van der Waals surface area contributed by atoms with Crippen LogP contribution in [0.3, 0.4) is 0 Å². The first-order valence-electron chi connectivity index (χ1n) is 9.88. The van der Waals surface area contributed by atoms with Gasteiger partial charge >= 0.3 is 11.9 Å². The van der Waals surface area contributed by atoms with Gasteiger partial charge in [0.05, 0.1) is 19.8 Å². The molecule has 8 nitrogen and oxygen atoms in total. The van der Waals surface area contributed by atoms with Crippen molar-refractivity contribution in [2.75, 3.05) is 26.1 Å². The molecule has 3 aromatic rings. The molecule has 0 unspecified atom stereocenters. The maximum absolute atomic E-state index is 13.0. The minimum Gasteiger partial charge on any atom is -0.484 e. The summed E-state index contributed by atoms with van der Waals surface area (Å²) in [7, 11) is 2.40. The van der Waals surface area contributed by atoms with E-state index in [0.717, 1.165) is 11.3 Å². The summed E-state index contributed by atoms with van der Waals surface area (Å²) in [4.78, 5) is 49.1. The van der Waals surface area contributed by atoms with Crippen molar-refractivity contribution in [1.29, 1.82) is 0 Å². The first kappa shape index (κ1) is 24.6. The molecule has 1 amide bonds. The first-order chi connectivity index (χ1) is 16.2. The van der Waals surface area contributed by atoms with E-state index < -0.39 is 30.3 Å². The molecule has 0 aliphatic carbocycles. The molecule has 2 aromatic carbocycles. The van der Waals surface area contributed by atoms with Gasteiger partial charge in [0.1, 0.15) is 21.4 Å². The molecule has 0 saturated carbocycles. The molecular weight excluding hydrogens is 465 g/mol. The lowest BCUT2D eigenvalue weighted by molar-refractivity contribution is -0.118. The smallest absolute Gasteiger partial charge is 0.348 e. The van der Waals surface area contributed by atoms with Gasteiger partial charge in [0.25, 0.3) is 5.91 Å². The number of benzene rings is 2. The Labute approximate surface area is 198 Å². The topological polar surface area (TPSA) is 108 Å². The van der Waals surface area contributed by atoms with E-state index in [-0.39, 0.29) is 21.2 Å². The van der Waals surface area contributed by atoms with E-state index in [0.29, 0.717) is 22.4 Å². The van der Waals surface area contributed by atoms with Crippen molar-refractivity contribution in [2.45, 2.75) is 6.92 Å². The van der Waals surface area contributed by atoms with Crippen LogP contribution in [0.2, 0.25) is 0 Å². The molecule has 176 valence electrons. The van der Waals surface area contributed by atoms with Crippen molar-refractivity contribution < 1.29 is 37.8 Å². The Morgan fingerprint density at radius 2 is 1.44 bits per heavy atom. The predicted octanol–water partition coefficient (Wildman–Crippen LogP) is 4.02. The Hall–Kier alpha value is -4.05. The summed E-state index contributed by atoms with van der Waals surface area (Å²) in [6.45, 7) is 1.16. The van der Waals surface area contributed by atoms with Crippen LogP contribution in [-0.2, 0) is 14.3 Å². The quantitative estimate of drug-likeness (QED) is 0.379. The SMILES string of the molecule is COC(=O)c1sc(NC(=O)COc2ccc(C(=O)c3ccc(F)cc3)cc2)c(C(=O)OC)c1C. The molecule has 3 rings (SSSR count). The lowest BCUT2D eigenvalue weighted by Crippen LogP contribution is -2.21. The van der Waals surface area contributed by atoms with E-state index in [9.17, 15) is 23.6 Å². The third-order valence-electron chi connectivity index (χ3n) is 4.75. The number of rotatable bonds is 8. The van der Waals surface area contributed by atoms with Gasteiger partial charge < -0.3 is 19.5 Å². The van der Waals surface area contributed by atoms with Crippen LogP contribution < -0.4 is 10.1 Å². The monoisotopic (exact) mass is 485 g/mol. The maximum Gasteiger partial charge on any atom is 0.348 e. The van der Waals surface area contributed by atoms with Gasteiger partial charge in [-0.3, -0.25) is 9.59 Å². The van der Waals surface area contributed by atoms with E-state index in [4.69, 9.17) is 14.2 Å². The zero-order chi connectivity index (χ0) is 24.8. The molecule has 1 N–H and O–H groups in total. The Kier molecular flexibility index (Phi) is 7.75. The number of ketones is 1. The second kappa shape index (κ2) is 10.7. The number of hydrogen-bond donors (Lipinski definition) is 1. The number of carbonyl (C=O) groups is 4. The summed E-state index contributed by atoms with van der Waals surface area (Å²) in [5.74, 6) is -2.31. The number of ether oxygens (including phenoxy) is 3. The molecule has 34 heavy (non-hydrogen) atoms. The summed E-state index contributed by atoms with van der Waals surface area (Å²) in [6, 6.07) is 11.3. The summed E-state index contributed by atoms with van der Waals surface area (Å²) < 4.78 is 28.0. The van der Waals surface area contributed by atoms with Gasteiger partial charge in [0, 0.05) is 11.1 Å². The van der Waals surface area contributed by atoms with E-state index in [1.165, 1.54) is 62.8 Å². The van der Waals surface area contributed by atoms with Crippen LogP contribution in [-0.4, -0.2) is 44.5 Å². The zero-order valence-electron chi connectivity index (χ0n) is 18.5. The van der Waals surface area contributed by atoms with Crippen molar-refractivity contribution in [3.63, 3.8) is 0 Å². The van der Waals surface area contributed by atoms with Gasteiger partial charge in [0.15, 0.2) is 12.4 Å². The fourth-order valence-electron chi connectivity index (χ4n) is 3.02. The molecule has 10 heteroatoms. The van der Waals surface area contributed by atoms with Crippen LogP contribution in [0.5, 0.6) is 5.75 Å². The largest absolute Gasteiger partial charge is 0.484 e. The number of thiophene rings is 1. The third kappa shape index (κ3) is 5.46. The number of methoxy groups -OCH3 is 2. The number of anilines is 1. The van der Waals surface area contributed by atoms with Crippen molar-refractivity contribution in [3.05, 3.63) is 81.5 Å². The summed E-state index contributed by atoms with van der Waals surface area (Å²) in [6.07, 6.45) is 0. The van der Waals surface area contributed by atoms with Crippen LogP contribution >= 0.6 is 11.3 Å². The average Bonchev–Trinajstić information content (AvgIpc) is 3.17. The van der Waals surface area contributed by atoms with Crippen LogP contribution in [0.4, 0.5) is 9.39 Å². The molecule has 1 aromatic heterocycles. The van der Waals surface area contributed by atoms with Gasteiger partial charge in [0.2, 0.25) is 0 Å². The highest BCUT2D eigenvalue weighted by atomic mass is 32.1. The van der Waals surface area contributed by atoms with Crippen LogP contribution in [0.1, 0.15) is 41.5 Å². The molecule has 0 spiro atoms. The Bertz CT molecular complexity index is 1230. The number of hydrogen-bond acceptors (Lipinski definition) is 8. The van der Waals surface area contributed by atoms with Gasteiger partial charge in [-0.15, -0.1) is 11.3 Å². The van der Waals surface area contributed by atoms with Gasteiger partial charge in [-0.2, -0.15) is 0 Å². The molecule has 0 saturated heterocycles. The summed E-state index contributed by atoms with van der Waals surface area (Å²) >= 11 is 0.893. The summed E-state index contributed by atoms with van der Waals surface area (Å²) in [5, 5.41) is 2.69. The second-order valence-corrected chi connectivity index (χ2v) is 7.96. The second-order valence-electron chi connectivity index (χ2n) is 6.94.